The lowest BCUT2D eigenvalue weighted by Gasteiger charge is -2.12. The van der Waals surface area contributed by atoms with Crippen LogP contribution in [-0.2, 0) is 16.1 Å². The van der Waals surface area contributed by atoms with Crippen molar-refractivity contribution in [3.05, 3.63) is 83.2 Å². The maximum absolute atomic E-state index is 11.9. The molecule has 0 bridgehead atoms. The molecule has 3 aromatic carbocycles. The van der Waals surface area contributed by atoms with E-state index >= 15 is 0 Å². The summed E-state index contributed by atoms with van der Waals surface area (Å²) in [7, 11) is 0. The van der Waals surface area contributed by atoms with Crippen LogP contribution >= 0.6 is 11.3 Å². The minimum atomic E-state index is -0.241. The molecule has 0 aliphatic rings. The van der Waals surface area contributed by atoms with E-state index in [-0.39, 0.29) is 24.1 Å². The Morgan fingerprint density at radius 2 is 1.85 bits per heavy atom. The number of fused-ring (bicyclic) bond motifs is 1. The average molecular weight is 471 g/mol. The number of carbonyl (C=O) groups is 1. The lowest BCUT2D eigenvalue weighted by molar-refractivity contribution is -0.143. The molecule has 0 spiro atoms. The number of benzene rings is 3. The zero-order chi connectivity index (χ0) is 23.9. The van der Waals surface area contributed by atoms with Gasteiger partial charge in [-0.1, -0.05) is 48.4 Å². The molecular weight excluding hydrogens is 444 g/mol. The third-order valence-electron chi connectivity index (χ3n) is 5.52. The van der Waals surface area contributed by atoms with E-state index in [1.165, 1.54) is 0 Å². The van der Waals surface area contributed by atoms with E-state index in [0.717, 1.165) is 38.1 Å². The quantitative estimate of drug-likeness (QED) is 0.224. The van der Waals surface area contributed by atoms with Crippen LogP contribution < -0.4 is 4.74 Å². The molecule has 5 heteroatoms. The van der Waals surface area contributed by atoms with E-state index in [1.54, 1.807) is 31.3 Å². The number of ether oxygens (including phenoxy) is 2. The topological polar surface area (TPSA) is 55.8 Å². The fraction of sp³-hybridized carbons (Fsp3) is 0.207. The number of carbonyl (C=O) groups excluding carboxylic acids is 1. The Hall–Kier alpha value is -3.75. The monoisotopic (exact) mass is 470 g/mol. The molecule has 4 rings (SSSR count). The van der Waals surface area contributed by atoms with Gasteiger partial charge >= 0.3 is 5.97 Å². The second kappa shape index (κ2) is 10.9. The molecule has 0 aliphatic carbocycles. The van der Waals surface area contributed by atoms with Gasteiger partial charge in [0.2, 0.25) is 0 Å². The van der Waals surface area contributed by atoms with E-state index in [0.29, 0.717) is 13.2 Å². The molecule has 0 amide bonds. The number of hydrogen-bond acceptors (Lipinski definition) is 5. The van der Waals surface area contributed by atoms with Crippen molar-refractivity contribution < 1.29 is 19.4 Å². The first-order chi connectivity index (χ1) is 16.6. The van der Waals surface area contributed by atoms with Gasteiger partial charge in [0, 0.05) is 21.2 Å². The van der Waals surface area contributed by atoms with Gasteiger partial charge in [-0.05, 0) is 54.6 Å². The Balaban J connectivity index is 1.47. The molecule has 4 aromatic rings. The molecule has 1 N–H and O–H groups in total. The average Bonchev–Trinajstić information content (AvgIpc) is 3.26. The standard InChI is InChI=1S/C29H26O4S/c1-3-7-22(16-29(31)32-4-2)21-12-10-20(11-13-21)18-33-23-14-15-28-25(17-23)26(19-34-28)24-8-5-6-9-27(24)30/h5-6,8-15,17,19,22,30H,4,16,18H2,1-2H3/t22-/m0/s1. The van der Waals surface area contributed by atoms with Crippen LogP contribution in [0.4, 0.5) is 0 Å². The van der Waals surface area contributed by atoms with Gasteiger partial charge in [0.05, 0.1) is 18.9 Å². The summed E-state index contributed by atoms with van der Waals surface area (Å²) >= 11 is 1.65. The Kier molecular flexibility index (Phi) is 7.51. The van der Waals surface area contributed by atoms with Crippen LogP contribution in [0.25, 0.3) is 21.2 Å². The molecule has 0 fully saturated rings. The normalized spacial score (nSPS) is 11.5. The van der Waals surface area contributed by atoms with Crippen molar-refractivity contribution in [2.75, 3.05) is 6.61 Å². The van der Waals surface area contributed by atoms with Crippen LogP contribution in [0.1, 0.15) is 37.3 Å². The van der Waals surface area contributed by atoms with E-state index < -0.39 is 0 Å². The van der Waals surface area contributed by atoms with Gasteiger partial charge in [-0.15, -0.1) is 17.3 Å². The van der Waals surface area contributed by atoms with Crippen LogP contribution in [0, 0.1) is 11.8 Å². The van der Waals surface area contributed by atoms with Crippen molar-refractivity contribution in [1.82, 2.24) is 0 Å². The van der Waals surface area contributed by atoms with E-state index in [4.69, 9.17) is 9.47 Å². The van der Waals surface area contributed by atoms with E-state index in [9.17, 15) is 9.90 Å². The van der Waals surface area contributed by atoms with Gasteiger partial charge < -0.3 is 14.6 Å². The first kappa shape index (κ1) is 23.4. The van der Waals surface area contributed by atoms with Crippen LogP contribution in [0.2, 0.25) is 0 Å². The lowest BCUT2D eigenvalue weighted by atomic mass is 9.95. The molecule has 0 saturated heterocycles. The minimum absolute atomic E-state index is 0.187. The first-order valence-corrected chi connectivity index (χ1v) is 12.1. The van der Waals surface area contributed by atoms with Crippen molar-refractivity contribution in [3.63, 3.8) is 0 Å². The summed E-state index contributed by atoms with van der Waals surface area (Å²) in [5, 5.41) is 13.4. The number of thiophene rings is 1. The third-order valence-corrected chi connectivity index (χ3v) is 6.48. The zero-order valence-electron chi connectivity index (χ0n) is 19.2. The Morgan fingerprint density at radius 1 is 1.06 bits per heavy atom. The summed E-state index contributed by atoms with van der Waals surface area (Å²) in [4.78, 5) is 11.9. The van der Waals surface area contributed by atoms with Crippen LogP contribution in [0.3, 0.4) is 0 Å². The highest BCUT2D eigenvalue weighted by atomic mass is 32.1. The number of aromatic hydroxyl groups is 1. The molecule has 0 unspecified atom stereocenters. The fourth-order valence-electron chi connectivity index (χ4n) is 3.83. The molecular formula is C29H26O4S. The van der Waals surface area contributed by atoms with Gasteiger partial charge in [0.15, 0.2) is 0 Å². The largest absolute Gasteiger partial charge is 0.507 e. The number of rotatable bonds is 8. The highest BCUT2D eigenvalue weighted by molar-refractivity contribution is 7.17. The van der Waals surface area contributed by atoms with Crippen molar-refractivity contribution in [2.45, 2.75) is 32.8 Å². The summed E-state index contributed by atoms with van der Waals surface area (Å²) in [6.07, 6.45) is 0.241. The van der Waals surface area contributed by atoms with Crippen LogP contribution in [0.5, 0.6) is 11.5 Å². The molecule has 1 aromatic heterocycles. The Bertz CT molecular complexity index is 1340. The van der Waals surface area contributed by atoms with Crippen molar-refractivity contribution in [2.24, 2.45) is 0 Å². The first-order valence-electron chi connectivity index (χ1n) is 11.2. The van der Waals surface area contributed by atoms with Crippen molar-refractivity contribution in [3.8, 4) is 34.5 Å². The summed E-state index contributed by atoms with van der Waals surface area (Å²) in [6, 6.07) is 21.4. The van der Waals surface area contributed by atoms with Gasteiger partial charge in [-0.25, -0.2) is 0 Å². The van der Waals surface area contributed by atoms with Crippen molar-refractivity contribution in [1.29, 1.82) is 0 Å². The fourth-order valence-corrected chi connectivity index (χ4v) is 4.78. The summed E-state index contributed by atoms with van der Waals surface area (Å²) in [5.74, 6) is 6.62. The second-order valence-corrected chi connectivity index (χ2v) is 8.72. The second-order valence-electron chi connectivity index (χ2n) is 7.81. The van der Waals surface area contributed by atoms with E-state index in [1.807, 2.05) is 60.7 Å². The summed E-state index contributed by atoms with van der Waals surface area (Å²) < 4.78 is 12.3. The molecule has 172 valence electrons. The maximum atomic E-state index is 11.9. The zero-order valence-corrected chi connectivity index (χ0v) is 20.0. The third kappa shape index (κ3) is 5.41. The molecule has 4 nitrogen and oxygen atoms in total. The maximum Gasteiger partial charge on any atom is 0.307 e. The number of para-hydroxylation sites is 1. The molecule has 0 radical (unpaired) electrons. The van der Waals surface area contributed by atoms with Crippen LogP contribution in [0.15, 0.2) is 72.1 Å². The summed E-state index contributed by atoms with van der Waals surface area (Å²) in [6.45, 7) is 4.36. The minimum Gasteiger partial charge on any atom is -0.507 e. The molecule has 0 aliphatic heterocycles. The smallest absolute Gasteiger partial charge is 0.307 e. The SMILES string of the molecule is CC#C[C@@H](CC(=O)OCC)c1ccc(COc2ccc3scc(-c4ccccc4O)c3c2)cc1. The van der Waals surface area contributed by atoms with E-state index in [2.05, 4.69) is 17.2 Å². The van der Waals surface area contributed by atoms with Gasteiger partial charge in [0.25, 0.3) is 0 Å². The number of phenols is 1. The van der Waals surface area contributed by atoms with Crippen LogP contribution in [-0.4, -0.2) is 17.7 Å². The molecule has 0 saturated carbocycles. The predicted molar refractivity (Wildman–Crippen MR) is 137 cm³/mol. The molecule has 1 atom stereocenters. The molecule has 1 heterocycles. The molecule has 34 heavy (non-hydrogen) atoms. The Morgan fingerprint density at radius 3 is 2.59 bits per heavy atom. The number of esters is 1. The predicted octanol–water partition coefficient (Wildman–Crippen LogP) is 6.91. The summed E-state index contributed by atoms with van der Waals surface area (Å²) in [5.41, 5.74) is 3.82. The highest BCUT2D eigenvalue weighted by Gasteiger charge is 2.15. The van der Waals surface area contributed by atoms with Gasteiger partial charge in [-0.2, -0.15) is 0 Å². The van der Waals surface area contributed by atoms with Gasteiger partial charge in [-0.3, -0.25) is 4.79 Å². The Labute approximate surface area is 203 Å². The highest BCUT2D eigenvalue weighted by Crippen LogP contribution is 2.39. The number of hydrogen-bond donors (Lipinski definition) is 1. The van der Waals surface area contributed by atoms with Crippen molar-refractivity contribution >= 4 is 27.4 Å². The lowest BCUT2D eigenvalue weighted by Crippen LogP contribution is -2.09. The van der Waals surface area contributed by atoms with Gasteiger partial charge in [0.1, 0.15) is 18.1 Å². The number of phenolic OH excluding ortho intramolecular Hbond substituents is 1.